The number of aromatic nitrogens is 1. The number of nitrogens with one attached hydrogen (secondary N) is 1. The van der Waals surface area contributed by atoms with E-state index in [2.05, 4.69) is 4.98 Å². The summed E-state index contributed by atoms with van der Waals surface area (Å²) in [5, 5.41) is 13.7. The molecule has 4 heterocycles. The lowest BCUT2D eigenvalue weighted by atomic mass is 9.52. The molecule has 1 saturated carbocycles. The SMILES string of the molecule is COc1ccc2[nH]cc(CCN3C(=O)[C@H](OC(=O)c4ccccc4)[C@@]45[C@@H]3OC(=O)[C@@]43CC(=O)O[C@H]3C[C@@]5(O)C(C)(C)C)c2c1. The van der Waals surface area contributed by atoms with Crippen LogP contribution in [0, 0.1) is 16.2 Å². The van der Waals surface area contributed by atoms with Crippen molar-refractivity contribution in [3.63, 3.8) is 0 Å². The number of ether oxygens (including phenoxy) is 4. The van der Waals surface area contributed by atoms with Crippen LogP contribution >= 0.6 is 0 Å². The van der Waals surface area contributed by atoms with Gasteiger partial charge < -0.3 is 33.9 Å². The summed E-state index contributed by atoms with van der Waals surface area (Å²) in [6, 6.07) is 13.8. The fourth-order valence-electron chi connectivity index (χ4n) is 8.30. The molecule has 1 amide bonds. The van der Waals surface area contributed by atoms with E-state index in [0.717, 1.165) is 16.5 Å². The maximum absolute atomic E-state index is 14.5. The molecule has 230 valence electrons. The van der Waals surface area contributed by atoms with Gasteiger partial charge in [-0.05, 0) is 47.7 Å². The monoisotopic (exact) mass is 602 g/mol. The van der Waals surface area contributed by atoms with Gasteiger partial charge in [0.15, 0.2) is 12.3 Å². The zero-order chi connectivity index (χ0) is 31.2. The third-order valence-electron chi connectivity index (χ3n) is 10.4. The molecule has 7 rings (SSSR count). The van der Waals surface area contributed by atoms with Crippen LogP contribution in [0.2, 0.25) is 0 Å². The minimum absolute atomic E-state index is 0.0812. The van der Waals surface area contributed by atoms with Crippen molar-refractivity contribution in [2.24, 2.45) is 16.2 Å². The quantitative estimate of drug-likeness (QED) is 0.321. The first kappa shape index (κ1) is 28.4. The highest BCUT2D eigenvalue weighted by atomic mass is 16.6. The Morgan fingerprint density at radius 1 is 1.11 bits per heavy atom. The maximum atomic E-state index is 14.5. The van der Waals surface area contributed by atoms with E-state index in [0.29, 0.717) is 12.2 Å². The summed E-state index contributed by atoms with van der Waals surface area (Å²) >= 11 is 0. The van der Waals surface area contributed by atoms with Crippen molar-refractivity contribution in [2.75, 3.05) is 13.7 Å². The topological polar surface area (TPSA) is 144 Å². The van der Waals surface area contributed by atoms with Crippen LogP contribution in [0.3, 0.4) is 0 Å². The van der Waals surface area contributed by atoms with Crippen molar-refractivity contribution in [3.8, 4) is 5.75 Å². The third kappa shape index (κ3) is 3.41. The Morgan fingerprint density at radius 2 is 1.86 bits per heavy atom. The van der Waals surface area contributed by atoms with Gasteiger partial charge in [-0.3, -0.25) is 14.4 Å². The van der Waals surface area contributed by atoms with E-state index in [-0.39, 0.29) is 18.5 Å². The normalized spacial score (nSPS) is 32.3. The summed E-state index contributed by atoms with van der Waals surface area (Å²) in [4.78, 5) is 59.5. The number of hydrogen-bond donors (Lipinski definition) is 2. The van der Waals surface area contributed by atoms with E-state index in [1.165, 1.54) is 4.90 Å². The molecule has 1 aromatic heterocycles. The number of hydrogen-bond acceptors (Lipinski definition) is 9. The average Bonchev–Trinajstić information content (AvgIpc) is 3.72. The summed E-state index contributed by atoms with van der Waals surface area (Å²) < 4.78 is 23.2. The van der Waals surface area contributed by atoms with Crippen LogP contribution in [0.15, 0.2) is 54.7 Å². The van der Waals surface area contributed by atoms with Crippen molar-refractivity contribution in [2.45, 2.75) is 64.1 Å². The number of likely N-dealkylation sites (tertiary alicyclic amines) is 1. The van der Waals surface area contributed by atoms with E-state index in [1.807, 2.05) is 24.4 Å². The van der Waals surface area contributed by atoms with Crippen LogP contribution in [-0.2, 0) is 35.0 Å². The smallest absolute Gasteiger partial charge is 0.338 e. The second kappa shape index (κ2) is 9.31. The number of nitrogens with zero attached hydrogens (tertiary/aromatic N) is 1. The van der Waals surface area contributed by atoms with Gasteiger partial charge in [0, 0.05) is 30.1 Å². The van der Waals surface area contributed by atoms with E-state index in [9.17, 15) is 24.3 Å². The highest BCUT2D eigenvalue weighted by Crippen LogP contribution is 2.76. The molecule has 1 aliphatic carbocycles. The first-order valence-electron chi connectivity index (χ1n) is 14.7. The minimum atomic E-state index is -1.82. The molecule has 3 aromatic rings. The summed E-state index contributed by atoms with van der Waals surface area (Å²) in [7, 11) is 1.58. The molecule has 0 bridgehead atoms. The number of aliphatic hydroxyl groups is 1. The van der Waals surface area contributed by atoms with Crippen molar-refractivity contribution in [1.29, 1.82) is 0 Å². The fraction of sp³-hybridized carbons (Fsp3) is 0.455. The van der Waals surface area contributed by atoms with Crippen LogP contribution in [0.1, 0.15) is 49.5 Å². The molecular weight excluding hydrogens is 568 g/mol. The van der Waals surface area contributed by atoms with Crippen molar-refractivity contribution in [1.82, 2.24) is 9.88 Å². The third-order valence-corrected chi connectivity index (χ3v) is 10.4. The van der Waals surface area contributed by atoms with Gasteiger partial charge in [0.2, 0.25) is 0 Å². The molecule has 0 radical (unpaired) electrons. The van der Waals surface area contributed by atoms with Gasteiger partial charge in [0.05, 0.1) is 24.7 Å². The number of carbonyl (C=O) groups is 4. The summed E-state index contributed by atoms with van der Waals surface area (Å²) in [6.07, 6.45) is -2.30. The second-order valence-electron chi connectivity index (χ2n) is 13.2. The van der Waals surface area contributed by atoms with E-state index in [4.69, 9.17) is 18.9 Å². The molecule has 0 unspecified atom stereocenters. The van der Waals surface area contributed by atoms with E-state index < -0.39 is 70.5 Å². The Bertz CT molecular complexity index is 1710. The maximum Gasteiger partial charge on any atom is 0.338 e. The van der Waals surface area contributed by atoms with Gasteiger partial charge in [-0.1, -0.05) is 39.0 Å². The van der Waals surface area contributed by atoms with Crippen molar-refractivity contribution >= 4 is 34.7 Å². The highest BCUT2D eigenvalue weighted by molar-refractivity contribution is 5.99. The summed E-state index contributed by atoms with van der Waals surface area (Å²) in [5.74, 6) is -2.09. The molecule has 2 aromatic carbocycles. The molecular formula is C33H34N2O9. The van der Waals surface area contributed by atoms with Gasteiger partial charge in [-0.2, -0.15) is 0 Å². The Labute approximate surface area is 253 Å². The van der Waals surface area contributed by atoms with Gasteiger partial charge in [-0.25, -0.2) is 4.79 Å². The predicted octanol–water partition coefficient (Wildman–Crippen LogP) is 3.14. The predicted molar refractivity (Wildman–Crippen MR) is 154 cm³/mol. The Hall–Kier alpha value is -4.38. The Morgan fingerprint density at radius 3 is 2.57 bits per heavy atom. The number of carbonyl (C=O) groups excluding carboxylic acids is 4. The second-order valence-corrected chi connectivity index (χ2v) is 13.2. The molecule has 44 heavy (non-hydrogen) atoms. The number of rotatable bonds is 6. The average molecular weight is 603 g/mol. The van der Waals surface area contributed by atoms with Crippen LogP contribution in [0.25, 0.3) is 10.9 Å². The lowest BCUT2D eigenvalue weighted by molar-refractivity contribution is -0.211. The number of esters is 3. The van der Waals surface area contributed by atoms with Gasteiger partial charge in [0.1, 0.15) is 22.7 Å². The van der Waals surface area contributed by atoms with Crippen LogP contribution in [-0.4, -0.2) is 76.5 Å². The van der Waals surface area contributed by atoms with Gasteiger partial charge in [-0.15, -0.1) is 0 Å². The van der Waals surface area contributed by atoms with Crippen LogP contribution < -0.4 is 4.74 Å². The number of fused-ring (bicyclic) bond motifs is 1. The van der Waals surface area contributed by atoms with E-state index >= 15 is 0 Å². The van der Waals surface area contributed by atoms with Gasteiger partial charge in [0.25, 0.3) is 5.91 Å². The molecule has 11 heteroatoms. The van der Waals surface area contributed by atoms with Gasteiger partial charge >= 0.3 is 17.9 Å². The molecule has 4 aliphatic rings. The lowest BCUT2D eigenvalue weighted by Gasteiger charge is -2.51. The van der Waals surface area contributed by atoms with Crippen molar-refractivity contribution in [3.05, 3.63) is 65.9 Å². The number of aromatic amines is 1. The molecule has 4 fully saturated rings. The molecule has 3 aliphatic heterocycles. The van der Waals surface area contributed by atoms with Crippen LogP contribution in [0.4, 0.5) is 0 Å². The summed E-state index contributed by atoms with van der Waals surface area (Å²) in [5.41, 5.74) is -4.35. The fourth-order valence-corrected chi connectivity index (χ4v) is 8.30. The summed E-state index contributed by atoms with van der Waals surface area (Å²) in [6.45, 7) is 5.46. The largest absolute Gasteiger partial charge is 0.497 e. The van der Waals surface area contributed by atoms with E-state index in [1.54, 1.807) is 58.2 Å². The molecule has 2 N–H and O–H groups in total. The highest BCUT2D eigenvalue weighted by Gasteiger charge is 2.93. The first-order valence-corrected chi connectivity index (χ1v) is 14.7. The number of amides is 1. The first-order chi connectivity index (χ1) is 20.9. The molecule has 3 saturated heterocycles. The minimum Gasteiger partial charge on any atom is -0.497 e. The zero-order valence-corrected chi connectivity index (χ0v) is 24.9. The zero-order valence-electron chi connectivity index (χ0n) is 24.9. The van der Waals surface area contributed by atoms with Crippen molar-refractivity contribution < 1.29 is 43.2 Å². The Kier molecular flexibility index (Phi) is 6.01. The number of benzene rings is 2. The molecule has 2 spiro atoms. The molecule has 6 atom stereocenters. The number of methoxy groups -OCH3 is 1. The standard InChI is InChI=1S/C33H34N2O9/c1-30(2,3)32(40)15-23-31(16-24(36)42-23)29(39)44-28-33(31,32)25(43-27(38)18-8-6-5-7-9-18)26(37)35(28)13-12-19-17-34-22-11-10-20(41-4)14-21(19)22/h5-11,14,17,23,25,28,34,40H,12-13,15-16H2,1-4H3/t23-,25-,28-,31-,32+,33+/m0/s1. The Balaban J connectivity index is 1.36. The number of H-pyrrole nitrogens is 1. The lowest BCUT2D eigenvalue weighted by Crippen LogP contribution is -2.66. The molecule has 11 nitrogen and oxygen atoms in total. The van der Waals surface area contributed by atoms with Crippen LogP contribution in [0.5, 0.6) is 5.75 Å².